The first-order valence-electron chi connectivity index (χ1n) is 9.44. The fourth-order valence-electron chi connectivity index (χ4n) is 3.09. The summed E-state index contributed by atoms with van der Waals surface area (Å²) < 4.78 is 0. The van der Waals surface area contributed by atoms with Crippen LogP contribution in [0.1, 0.15) is 5.56 Å². The molecule has 0 spiro atoms. The molecule has 0 aliphatic heterocycles. The zero-order chi connectivity index (χ0) is 19.8. The molecule has 2 heteroatoms. The van der Waals surface area contributed by atoms with Gasteiger partial charge in [0.2, 0.25) is 0 Å². The molecule has 5 aromatic carbocycles. The summed E-state index contributed by atoms with van der Waals surface area (Å²) >= 11 is 0. The predicted octanol–water partition coefficient (Wildman–Crippen LogP) is 7.05. The molecule has 1 nitrogen and oxygen atoms in total. The third-order valence-corrected chi connectivity index (χ3v) is 4.57. The Hall–Kier alpha value is -2.57. The van der Waals surface area contributed by atoms with E-state index in [9.17, 15) is 0 Å². The van der Waals surface area contributed by atoms with E-state index in [0.29, 0.717) is 0 Å². The van der Waals surface area contributed by atoms with Gasteiger partial charge in [0.25, 0.3) is 0 Å². The van der Waals surface area contributed by atoms with Crippen molar-refractivity contribution in [3.05, 3.63) is 122 Å². The molecule has 5 rings (SSSR count). The number of benzene rings is 3. The second-order valence-electron chi connectivity index (χ2n) is 6.83. The molecule has 0 bridgehead atoms. The number of fused-ring (bicyclic) bond motifs is 2. The van der Waals surface area contributed by atoms with Crippen molar-refractivity contribution >= 4 is 27.2 Å². The van der Waals surface area contributed by atoms with E-state index in [2.05, 4.69) is 103 Å². The number of para-hydroxylation sites is 1. The standard InChI is InChI=1S/C9H12N.2C9H7.Zr/c1-8-6-4-5-7-9(8)10(2)3;2*1-2-5-9-7-3-6-8(9)4-1;/h4-7H,1H2,2-3H3;2*1-7H;/q3*-1;+3. The number of anilines is 1. The van der Waals surface area contributed by atoms with Gasteiger partial charge in [0.1, 0.15) is 0 Å². The van der Waals surface area contributed by atoms with Crippen LogP contribution in [0.2, 0.25) is 0 Å². The average molecular weight is 456 g/mol. The topological polar surface area (TPSA) is 3.24 Å². The molecule has 1 radical (unpaired) electrons. The van der Waals surface area contributed by atoms with E-state index in [4.69, 9.17) is 0 Å². The molecule has 29 heavy (non-hydrogen) atoms. The number of hydrogen-bond donors (Lipinski definition) is 0. The zero-order valence-electron chi connectivity index (χ0n) is 17.0. The van der Waals surface area contributed by atoms with E-state index < -0.39 is 0 Å². The second kappa shape index (κ2) is 11.4. The first-order valence-corrected chi connectivity index (χ1v) is 9.44. The Bertz CT molecular complexity index is 991. The van der Waals surface area contributed by atoms with E-state index in [-0.39, 0.29) is 26.2 Å². The summed E-state index contributed by atoms with van der Waals surface area (Å²) in [5.74, 6) is 0. The van der Waals surface area contributed by atoms with Crippen LogP contribution in [-0.2, 0) is 26.2 Å². The maximum Gasteiger partial charge on any atom is 3.00 e. The molecule has 5 aromatic rings. The molecule has 0 unspecified atom stereocenters. The number of nitrogens with zero attached hydrogens (tertiary/aromatic N) is 1. The minimum absolute atomic E-state index is 0. The molecule has 0 aliphatic rings. The van der Waals surface area contributed by atoms with E-state index in [1.165, 1.54) is 27.2 Å². The molecule has 0 saturated heterocycles. The first kappa shape index (κ1) is 22.7. The first-order chi connectivity index (χ1) is 13.6. The van der Waals surface area contributed by atoms with Crippen molar-refractivity contribution in [1.29, 1.82) is 0 Å². The minimum Gasteiger partial charge on any atom is -0.428 e. The van der Waals surface area contributed by atoms with Crippen molar-refractivity contribution in [2.45, 2.75) is 0 Å². The van der Waals surface area contributed by atoms with Gasteiger partial charge in [-0.1, -0.05) is 30.0 Å². The van der Waals surface area contributed by atoms with Gasteiger partial charge in [-0.05, 0) is 14.1 Å². The number of rotatable bonds is 1. The smallest absolute Gasteiger partial charge is 0.428 e. The summed E-state index contributed by atoms with van der Waals surface area (Å²) in [6, 6.07) is 37.4. The van der Waals surface area contributed by atoms with E-state index in [1.54, 1.807) is 0 Å². The Morgan fingerprint density at radius 2 is 1.07 bits per heavy atom. The van der Waals surface area contributed by atoms with Crippen molar-refractivity contribution in [3.63, 3.8) is 0 Å². The van der Waals surface area contributed by atoms with E-state index in [1.807, 2.05) is 32.3 Å². The van der Waals surface area contributed by atoms with Crippen LogP contribution in [0.15, 0.2) is 109 Å². The van der Waals surface area contributed by atoms with Crippen molar-refractivity contribution in [2.75, 3.05) is 19.0 Å². The molecule has 0 heterocycles. The van der Waals surface area contributed by atoms with Crippen molar-refractivity contribution in [3.8, 4) is 0 Å². The van der Waals surface area contributed by atoms with Crippen LogP contribution in [-0.4, -0.2) is 14.1 Å². The summed E-state index contributed by atoms with van der Waals surface area (Å²) in [6.07, 6.45) is 0. The molecular weight excluding hydrogens is 430 g/mol. The third kappa shape index (κ3) is 6.48. The average Bonchev–Trinajstić information content (AvgIpc) is 3.38. The Morgan fingerprint density at radius 1 is 0.621 bits per heavy atom. The summed E-state index contributed by atoms with van der Waals surface area (Å²) in [5, 5.41) is 5.32. The minimum atomic E-state index is 0. The Labute approximate surface area is 193 Å². The van der Waals surface area contributed by atoms with Crippen molar-refractivity contribution in [1.82, 2.24) is 0 Å². The summed E-state index contributed by atoms with van der Waals surface area (Å²) in [6.45, 7) is 3.90. The SMILES string of the molecule is [CH2-]c1ccccc1N(C)C.[Zr+3].c1ccc2[cH-]ccc2c1.c1ccc2[cH-]ccc2c1. The molecule has 0 aromatic heterocycles. The molecule has 0 amide bonds. The normalized spacial score (nSPS) is 9.59. The summed E-state index contributed by atoms with van der Waals surface area (Å²) in [4.78, 5) is 2.06. The molecule has 143 valence electrons. The predicted molar refractivity (Wildman–Crippen MR) is 124 cm³/mol. The molecule has 0 N–H and O–H groups in total. The van der Waals surface area contributed by atoms with Crippen LogP contribution in [0, 0.1) is 6.92 Å². The van der Waals surface area contributed by atoms with Gasteiger partial charge in [0.15, 0.2) is 0 Å². The zero-order valence-corrected chi connectivity index (χ0v) is 19.5. The molecule has 0 aliphatic carbocycles. The van der Waals surface area contributed by atoms with Gasteiger partial charge in [0, 0.05) is 0 Å². The van der Waals surface area contributed by atoms with Crippen LogP contribution in [0.5, 0.6) is 0 Å². The molecular formula is C27H26NZr. The molecule has 0 saturated carbocycles. The molecule has 0 atom stereocenters. The van der Waals surface area contributed by atoms with Crippen LogP contribution in [0.4, 0.5) is 5.69 Å². The van der Waals surface area contributed by atoms with Crippen molar-refractivity contribution in [2.24, 2.45) is 0 Å². The summed E-state index contributed by atoms with van der Waals surface area (Å²) in [7, 11) is 4.04. The Morgan fingerprint density at radius 3 is 1.48 bits per heavy atom. The van der Waals surface area contributed by atoms with Crippen LogP contribution in [0.25, 0.3) is 21.5 Å². The number of hydrogen-bond acceptors (Lipinski definition) is 1. The van der Waals surface area contributed by atoms with Gasteiger partial charge in [-0.15, -0.1) is 65.4 Å². The quantitative estimate of drug-likeness (QED) is 0.245. The maximum atomic E-state index is 3.90. The Kier molecular flexibility index (Phi) is 8.96. The van der Waals surface area contributed by atoms with Gasteiger partial charge in [0.05, 0.1) is 0 Å². The van der Waals surface area contributed by atoms with Crippen LogP contribution in [0.3, 0.4) is 0 Å². The monoisotopic (exact) mass is 454 g/mol. The molecule has 0 fully saturated rings. The van der Waals surface area contributed by atoms with Gasteiger partial charge >= 0.3 is 26.2 Å². The fraction of sp³-hybridized carbons (Fsp3) is 0.0741. The fourth-order valence-corrected chi connectivity index (χ4v) is 3.09. The van der Waals surface area contributed by atoms with Gasteiger partial charge in [-0.25, -0.2) is 0 Å². The van der Waals surface area contributed by atoms with Crippen LogP contribution < -0.4 is 4.90 Å². The van der Waals surface area contributed by atoms with Gasteiger partial charge in [-0.2, -0.15) is 53.6 Å². The largest absolute Gasteiger partial charge is 3.00 e. The Balaban J connectivity index is 0.000000153. The van der Waals surface area contributed by atoms with Crippen LogP contribution >= 0.6 is 0 Å². The van der Waals surface area contributed by atoms with E-state index in [0.717, 1.165) is 5.56 Å². The third-order valence-electron chi connectivity index (χ3n) is 4.57. The maximum absolute atomic E-state index is 3.90. The van der Waals surface area contributed by atoms with Crippen molar-refractivity contribution < 1.29 is 26.2 Å². The van der Waals surface area contributed by atoms with Gasteiger partial charge < -0.3 is 4.90 Å². The van der Waals surface area contributed by atoms with E-state index >= 15 is 0 Å². The summed E-state index contributed by atoms with van der Waals surface area (Å²) in [5.41, 5.74) is 2.26. The van der Waals surface area contributed by atoms with Gasteiger partial charge in [-0.3, -0.25) is 0 Å². The second-order valence-corrected chi connectivity index (χ2v) is 6.83.